The molecule has 7 heteroatoms. The third-order valence-electron chi connectivity index (χ3n) is 5.02. The molecule has 6 nitrogen and oxygen atoms in total. The smallest absolute Gasteiger partial charge is 0.261 e. The van der Waals surface area contributed by atoms with E-state index in [1.165, 1.54) is 0 Å². The van der Waals surface area contributed by atoms with Crippen molar-refractivity contribution in [2.24, 2.45) is 0 Å². The fourth-order valence-electron chi connectivity index (χ4n) is 3.48. The van der Waals surface area contributed by atoms with Crippen LogP contribution in [0.5, 0.6) is 11.5 Å². The minimum absolute atomic E-state index is 0. The highest BCUT2D eigenvalue weighted by atomic mass is 35.5. The molecule has 3 rings (SSSR count). The number of benzene rings is 1. The monoisotopic (exact) mass is 433 g/mol. The zero-order valence-corrected chi connectivity index (χ0v) is 18.4. The van der Waals surface area contributed by atoms with Gasteiger partial charge in [-0.25, -0.2) is 0 Å². The molecule has 0 bridgehead atoms. The molecule has 1 unspecified atom stereocenters. The number of nitrogens with one attached hydrogen (secondary N) is 1. The van der Waals surface area contributed by atoms with Crippen molar-refractivity contribution in [2.45, 2.75) is 45.2 Å². The molecule has 2 heterocycles. The first-order chi connectivity index (χ1) is 14.3. The molecule has 1 aliphatic rings. The number of aromatic nitrogens is 1. The SMILES string of the molecule is CCCOc1ccc(OCC(=O)N(Cc2ccccn2)C2CCCNCC2)cc1.Cl. The number of pyridine rings is 1. The van der Waals surface area contributed by atoms with Gasteiger partial charge in [-0.05, 0) is 75.2 Å². The van der Waals surface area contributed by atoms with Crippen molar-refractivity contribution in [3.63, 3.8) is 0 Å². The third-order valence-corrected chi connectivity index (χ3v) is 5.02. The Labute approximate surface area is 185 Å². The predicted octanol–water partition coefficient (Wildman–Crippen LogP) is 3.84. The molecular weight excluding hydrogens is 402 g/mol. The van der Waals surface area contributed by atoms with E-state index in [0.29, 0.717) is 18.9 Å². The van der Waals surface area contributed by atoms with Crippen molar-refractivity contribution >= 4 is 18.3 Å². The highest BCUT2D eigenvalue weighted by Gasteiger charge is 2.25. The lowest BCUT2D eigenvalue weighted by molar-refractivity contribution is -0.136. The van der Waals surface area contributed by atoms with Crippen LogP contribution >= 0.6 is 12.4 Å². The molecule has 0 saturated carbocycles. The van der Waals surface area contributed by atoms with Gasteiger partial charge in [0.25, 0.3) is 5.91 Å². The van der Waals surface area contributed by atoms with Gasteiger partial charge < -0.3 is 19.7 Å². The van der Waals surface area contributed by atoms with Crippen molar-refractivity contribution in [3.05, 3.63) is 54.4 Å². The van der Waals surface area contributed by atoms with E-state index in [4.69, 9.17) is 9.47 Å². The first-order valence-corrected chi connectivity index (χ1v) is 10.5. The van der Waals surface area contributed by atoms with Crippen LogP contribution in [0.1, 0.15) is 38.3 Å². The summed E-state index contributed by atoms with van der Waals surface area (Å²) < 4.78 is 11.4. The molecule has 1 fully saturated rings. The summed E-state index contributed by atoms with van der Waals surface area (Å²) in [5.74, 6) is 1.48. The Hall–Kier alpha value is -2.31. The summed E-state index contributed by atoms with van der Waals surface area (Å²) in [6.07, 6.45) is 5.74. The first kappa shape index (κ1) is 24.0. The Morgan fingerprint density at radius 3 is 2.57 bits per heavy atom. The van der Waals surface area contributed by atoms with Gasteiger partial charge in [-0.3, -0.25) is 9.78 Å². The normalized spacial score (nSPS) is 16.1. The van der Waals surface area contributed by atoms with Crippen LogP contribution in [-0.2, 0) is 11.3 Å². The van der Waals surface area contributed by atoms with E-state index in [1.54, 1.807) is 6.20 Å². The number of hydrogen-bond acceptors (Lipinski definition) is 5. The Morgan fingerprint density at radius 2 is 1.87 bits per heavy atom. The van der Waals surface area contributed by atoms with Crippen molar-refractivity contribution in [1.29, 1.82) is 0 Å². The average molecular weight is 434 g/mol. The van der Waals surface area contributed by atoms with Crippen LogP contribution in [-0.4, -0.2) is 48.1 Å². The molecule has 1 amide bonds. The van der Waals surface area contributed by atoms with E-state index in [-0.39, 0.29) is 31.0 Å². The fraction of sp³-hybridized carbons (Fsp3) is 0.478. The zero-order chi connectivity index (χ0) is 20.3. The van der Waals surface area contributed by atoms with Crippen LogP contribution in [0.2, 0.25) is 0 Å². The number of carbonyl (C=O) groups excluding carboxylic acids is 1. The molecule has 0 radical (unpaired) electrons. The number of rotatable bonds is 9. The minimum Gasteiger partial charge on any atom is -0.494 e. The van der Waals surface area contributed by atoms with E-state index in [1.807, 2.05) is 47.4 Å². The molecule has 1 N–H and O–H groups in total. The summed E-state index contributed by atoms with van der Waals surface area (Å²) in [5.41, 5.74) is 0.899. The summed E-state index contributed by atoms with van der Waals surface area (Å²) in [4.78, 5) is 19.4. The third kappa shape index (κ3) is 7.50. The molecule has 0 aliphatic carbocycles. The summed E-state index contributed by atoms with van der Waals surface area (Å²) in [7, 11) is 0. The molecular formula is C23H32ClN3O3. The number of nitrogens with zero attached hydrogens (tertiary/aromatic N) is 2. The second kappa shape index (κ2) is 13.1. The van der Waals surface area contributed by atoms with Crippen molar-refractivity contribution in [3.8, 4) is 11.5 Å². The van der Waals surface area contributed by atoms with Gasteiger partial charge in [-0.1, -0.05) is 13.0 Å². The van der Waals surface area contributed by atoms with Crippen LogP contribution in [0.15, 0.2) is 48.7 Å². The zero-order valence-electron chi connectivity index (χ0n) is 17.6. The van der Waals surface area contributed by atoms with Crippen molar-refractivity contribution in [2.75, 3.05) is 26.3 Å². The fourth-order valence-corrected chi connectivity index (χ4v) is 3.48. The number of carbonyl (C=O) groups is 1. The average Bonchev–Trinajstić information content (AvgIpc) is 3.05. The molecule has 1 saturated heterocycles. The van der Waals surface area contributed by atoms with E-state index < -0.39 is 0 Å². The van der Waals surface area contributed by atoms with Gasteiger partial charge in [-0.15, -0.1) is 12.4 Å². The van der Waals surface area contributed by atoms with E-state index >= 15 is 0 Å². The molecule has 1 atom stereocenters. The Morgan fingerprint density at radius 1 is 1.10 bits per heavy atom. The summed E-state index contributed by atoms with van der Waals surface area (Å²) in [5, 5.41) is 3.42. The molecule has 0 spiro atoms. The van der Waals surface area contributed by atoms with Gasteiger partial charge in [0.1, 0.15) is 11.5 Å². The van der Waals surface area contributed by atoms with Crippen molar-refractivity contribution in [1.82, 2.24) is 15.2 Å². The lowest BCUT2D eigenvalue weighted by atomic mass is 10.1. The van der Waals surface area contributed by atoms with Gasteiger partial charge in [0.2, 0.25) is 0 Å². The van der Waals surface area contributed by atoms with Gasteiger partial charge in [0.05, 0.1) is 18.8 Å². The van der Waals surface area contributed by atoms with E-state index in [2.05, 4.69) is 17.2 Å². The van der Waals surface area contributed by atoms with Crippen LogP contribution in [0.4, 0.5) is 0 Å². The predicted molar refractivity (Wildman–Crippen MR) is 120 cm³/mol. The Balaban J connectivity index is 0.00000320. The van der Waals surface area contributed by atoms with Gasteiger partial charge in [-0.2, -0.15) is 0 Å². The highest BCUT2D eigenvalue weighted by molar-refractivity contribution is 5.85. The lowest BCUT2D eigenvalue weighted by Crippen LogP contribution is -2.43. The topological polar surface area (TPSA) is 63.7 Å². The highest BCUT2D eigenvalue weighted by Crippen LogP contribution is 2.20. The lowest BCUT2D eigenvalue weighted by Gasteiger charge is -2.31. The Kier molecular flexibility index (Phi) is 10.5. The summed E-state index contributed by atoms with van der Waals surface area (Å²) in [6, 6.07) is 13.4. The maximum Gasteiger partial charge on any atom is 0.261 e. The van der Waals surface area contributed by atoms with Crippen LogP contribution < -0.4 is 14.8 Å². The molecule has 1 aromatic heterocycles. The molecule has 30 heavy (non-hydrogen) atoms. The standard InChI is InChI=1S/C23H31N3O3.ClH/c1-2-16-28-21-8-10-22(11-9-21)29-18-23(27)26(17-19-6-3-4-14-25-19)20-7-5-13-24-15-12-20;/h3-4,6,8-11,14,20,24H,2,5,7,12-13,15-18H2,1H3;1H. The maximum absolute atomic E-state index is 13.1. The van der Waals surface area contributed by atoms with Gasteiger partial charge >= 0.3 is 0 Å². The van der Waals surface area contributed by atoms with Crippen molar-refractivity contribution < 1.29 is 14.3 Å². The summed E-state index contributed by atoms with van der Waals surface area (Å²) >= 11 is 0. The maximum atomic E-state index is 13.1. The molecule has 164 valence electrons. The van der Waals surface area contributed by atoms with Crippen LogP contribution in [0.25, 0.3) is 0 Å². The quantitative estimate of drug-likeness (QED) is 0.650. The molecule has 1 aromatic carbocycles. The number of hydrogen-bond donors (Lipinski definition) is 1. The second-order valence-corrected chi connectivity index (χ2v) is 7.29. The number of halogens is 1. The summed E-state index contributed by atoms with van der Waals surface area (Å²) in [6.45, 7) is 5.23. The molecule has 2 aromatic rings. The number of ether oxygens (including phenoxy) is 2. The van der Waals surface area contributed by atoms with Gasteiger partial charge in [0, 0.05) is 12.2 Å². The van der Waals surface area contributed by atoms with E-state index in [9.17, 15) is 4.79 Å². The van der Waals surface area contributed by atoms with Crippen LogP contribution in [0.3, 0.4) is 0 Å². The Bertz CT molecular complexity index is 735. The largest absolute Gasteiger partial charge is 0.494 e. The minimum atomic E-state index is -0.00568. The van der Waals surface area contributed by atoms with Gasteiger partial charge in [0.15, 0.2) is 6.61 Å². The first-order valence-electron chi connectivity index (χ1n) is 10.5. The van der Waals surface area contributed by atoms with E-state index in [0.717, 1.165) is 50.2 Å². The number of amides is 1. The van der Waals surface area contributed by atoms with Crippen LogP contribution in [0, 0.1) is 0 Å². The second-order valence-electron chi connectivity index (χ2n) is 7.29. The molecule has 1 aliphatic heterocycles.